The van der Waals surface area contributed by atoms with E-state index >= 15 is 0 Å². The van der Waals surface area contributed by atoms with Gasteiger partial charge in [-0.25, -0.2) is 4.79 Å². The standard InChI is InChI=1S/C11H13NO2/c1-7-5-4-6-8-9(7)11(2,3)12-14-10(8)13/h4-6,12H,1-3H3. The van der Waals surface area contributed by atoms with Gasteiger partial charge in [0.1, 0.15) is 0 Å². The van der Waals surface area contributed by atoms with Gasteiger partial charge in [0.05, 0.1) is 11.1 Å². The summed E-state index contributed by atoms with van der Waals surface area (Å²) in [5.74, 6) is -0.303. The van der Waals surface area contributed by atoms with Crippen LogP contribution in [-0.4, -0.2) is 5.97 Å². The summed E-state index contributed by atoms with van der Waals surface area (Å²) in [7, 11) is 0. The summed E-state index contributed by atoms with van der Waals surface area (Å²) >= 11 is 0. The number of benzene rings is 1. The molecule has 0 amide bonds. The maximum absolute atomic E-state index is 11.4. The highest BCUT2D eigenvalue weighted by molar-refractivity contribution is 5.92. The van der Waals surface area contributed by atoms with E-state index < -0.39 is 0 Å². The van der Waals surface area contributed by atoms with Gasteiger partial charge in [-0.3, -0.25) is 0 Å². The SMILES string of the molecule is Cc1cccc2c1C(C)(C)NOC2=O. The summed E-state index contributed by atoms with van der Waals surface area (Å²) in [5, 5.41) is 0. The van der Waals surface area contributed by atoms with Crippen molar-refractivity contribution in [2.45, 2.75) is 26.3 Å². The number of hydrogen-bond acceptors (Lipinski definition) is 3. The number of hydroxylamine groups is 1. The van der Waals surface area contributed by atoms with Crippen molar-refractivity contribution < 1.29 is 9.63 Å². The Kier molecular flexibility index (Phi) is 1.86. The fraction of sp³-hybridized carbons (Fsp3) is 0.364. The molecule has 0 aliphatic carbocycles. The average Bonchev–Trinajstić information content (AvgIpc) is 2.12. The molecule has 0 bridgehead atoms. The Morgan fingerprint density at radius 2 is 2.07 bits per heavy atom. The van der Waals surface area contributed by atoms with Crippen LogP contribution in [0.4, 0.5) is 0 Å². The molecule has 0 aromatic heterocycles. The number of hydrogen-bond donors (Lipinski definition) is 1. The Morgan fingerprint density at radius 1 is 1.36 bits per heavy atom. The van der Waals surface area contributed by atoms with Gasteiger partial charge in [-0.1, -0.05) is 12.1 Å². The lowest BCUT2D eigenvalue weighted by Crippen LogP contribution is -2.44. The molecule has 3 heteroatoms. The smallest absolute Gasteiger partial charge is 0.357 e. The normalized spacial score (nSPS) is 18.6. The topological polar surface area (TPSA) is 38.3 Å². The molecular formula is C11H13NO2. The molecule has 74 valence electrons. The molecule has 1 aliphatic heterocycles. The average molecular weight is 191 g/mol. The molecule has 2 rings (SSSR count). The molecule has 0 fully saturated rings. The molecule has 1 aromatic carbocycles. The van der Waals surface area contributed by atoms with E-state index in [9.17, 15) is 4.79 Å². The molecule has 0 spiro atoms. The van der Waals surface area contributed by atoms with Gasteiger partial charge < -0.3 is 4.84 Å². The monoisotopic (exact) mass is 191 g/mol. The zero-order chi connectivity index (χ0) is 10.3. The Bertz CT molecular complexity index is 396. The van der Waals surface area contributed by atoms with E-state index in [-0.39, 0.29) is 11.5 Å². The summed E-state index contributed by atoms with van der Waals surface area (Å²) in [6, 6.07) is 5.67. The first kappa shape index (κ1) is 9.21. The van der Waals surface area contributed by atoms with E-state index in [2.05, 4.69) is 5.48 Å². The third kappa shape index (κ3) is 1.21. The minimum absolute atomic E-state index is 0.303. The lowest BCUT2D eigenvalue weighted by molar-refractivity contribution is -0.00822. The van der Waals surface area contributed by atoms with Gasteiger partial charge in [-0.15, -0.1) is 5.48 Å². The molecule has 1 aromatic rings. The van der Waals surface area contributed by atoms with Crippen LogP contribution in [0.3, 0.4) is 0 Å². The van der Waals surface area contributed by atoms with Crippen molar-refractivity contribution in [1.29, 1.82) is 0 Å². The zero-order valence-electron chi connectivity index (χ0n) is 8.55. The molecule has 0 radical (unpaired) electrons. The van der Waals surface area contributed by atoms with Gasteiger partial charge >= 0.3 is 5.97 Å². The second-order valence-electron chi connectivity index (χ2n) is 4.11. The van der Waals surface area contributed by atoms with Gasteiger partial charge in [-0.2, -0.15) is 0 Å². The molecule has 1 N–H and O–H groups in total. The van der Waals surface area contributed by atoms with Crippen LogP contribution in [0.5, 0.6) is 0 Å². The van der Waals surface area contributed by atoms with E-state index in [1.807, 2.05) is 32.9 Å². The number of carbonyl (C=O) groups is 1. The Morgan fingerprint density at radius 3 is 2.71 bits per heavy atom. The van der Waals surface area contributed by atoms with Crippen LogP contribution in [-0.2, 0) is 10.4 Å². The number of rotatable bonds is 0. The van der Waals surface area contributed by atoms with E-state index in [0.717, 1.165) is 11.1 Å². The molecule has 0 saturated heterocycles. The van der Waals surface area contributed by atoms with Crippen LogP contribution in [0.15, 0.2) is 18.2 Å². The predicted molar refractivity (Wildman–Crippen MR) is 52.8 cm³/mol. The van der Waals surface area contributed by atoms with Crippen LogP contribution in [0.1, 0.15) is 35.3 Å². The van der Waals surface area contributed by atoms with Crippen LogP contribution in [0.2, 0.25) is 0 Å². The Labute approximate surface area is 83.0 Å². The van der Waals surface area contributed by atoms with Crippen molar-refractivity contribution in [2.75, 3.05) is 0 Å². The molecule has 3 nitrogen and oxygen atoms in total. The van der Waals surface area contributed by atoms with Crippen LogP contribution in [0.25, 0.3) is 0 Å². The van der Waals surface area contributed by atoms with Crippen molar-refractivity contribution in [2.24, 2.45) is 0 Å². The third-order valence-corrected chi connectivity index (χ3v) is 2.52. The molecule has 0 atom stereocenters. The molecular weight excluding hydrogens is 178 g/mol. The maximum Gasteiger partial charge on any atom is 0.357 e. The second-order valence-corrected chi connectivity index (χ2v) is 4.11. The van der Waals surface area contributed by atoms with Crippen LogP contribution in [0, 0.1) is 6.92 Å². The van der Waals surface area contributed by atoms with Gasteiger partial charge in [0.15, 0.2) is 0 Å². The first-order valence-corrected chi connectivity index (χ1v) is 4.61. The van der Waals surface area contributed by atoms with Crippen molar-refractivity contribution in [3.8, 4) is 0 Å². The van der Waals surface area contributed by atoms with Gasteiger partial charge in [0, 0.05) is 0 Å². The van der Waals surface area contributed by atoms with E-state index in [4.69, 9.17) is 4.84 Å². The summed E-state index contributed by atoms with van der Waals surface area (Å²) in [4.78, 5) is 16.3. The van der Waals surface area contributed by atoms with Gasteiger partial charge in [0.25, 0.3) is 0 Å². The first-order chi connectivity index (χ1) is 6.52. The Hall–Kier alpha value is -1.35. The largest absolute Gasteiger partial charge is 0.366 e. The highest BCUT2D eigenvalue weighted by atomic mass is 16.7. The summed E-state index contributed by atoms with van der Waals surface area (Å²) in [6.45, 7) is 5.98. The minimum Gasteiger partial charge on any atom is -0.366 e. The molecule has 1 heterocycles. The van der Waals surface area contributed by atoms with E-state index in [0.29, 0.717) is 5.56 Å². The zero-order valence-corrected chi connectivity index (χ0v) is 8.55. The highest BCUT2D eigenvalue weighted by Gasteiger charge is 2.34. The van der Waals surface area contributed by atoms with Crippen molar-refractivity contribution in [3.05, 3.63) is 34.9 Å². The summed E-state index contributed by atoms with van der Waals surface area (Å²) in [5.41, 5.74) is 5.24. The number of carbonyl (C=O) groups excluding carboxylic acids is 1. The third-order valence-electron chi connectivity index (χ3n) is 2.52. The second kappa shape index (κ2) is 2.82. The van der Waals surface area contributed by atoms with Crippen molar-refractivity contribution >= 4 is 5.97 Å². The molecule has 0 saturated carbocycles. The van der Waals surface area contributed by atoms with E-state index in [1.165, 1.54) is 0 Å². The summed E-state index contributed by atoms with van der Waals surface area (Å²) < 4.78 is 0. The number of aryl methyl sites for hydroxylation is 1. The quantitative estimate of drug-likeness (QED) is 0.680. The lowest BCUT2D eigenvalue weighted by Gasteiger charge is -2.33. The number of fused-ring (bicyclic) bond motifs is 1. The fourth-order valence-electron chi connectivity index (χ4n) is 1.95. The highest BCUT2D eigenvalue weighted by Crippen LogP contribution is 2.30. The van der Waals surface area contributed by atoms with Crippen molar-refractivity contribution in [3.63, 3.8) is 0 Å². The predicted octanol–water partition coefficient (Wildman–Crippen LogP) is 1.91. The maximum atomic E-state index is 11.4. The van der Waals surface area contributed by atoms with Gasteiger partial charge in [-0.05, 0) is 38.0 Å². The lowest BCUT2D eigenvalue weighted by atomic mass is 9.86. The fourth-order valence-corrected chi connectivity index (χ4v) is 1.95. The first-order valence-electron chi connectivity index (χ1n) is 4.61. The molecule has 0 unspecified atom stereocenters. The minimum atomic E-state index is -0.311. The molecule has 14 heavy (non-hydrogen) atoms. The summed E-state index contributed by atoms with van der Waals surface area (Å²) in [6.07, 6.45) is 0. The molecule has 1 aliphatic rings. The van der Waals surface area contributed by atoms with Crippen LogP contribution >= 0.6 is 0 Å². The van der Waals surface area contributed by atoms with Crippen LogP contribution < -0.4 is 5.48 Å². The van der Waals surface area contributed by atoms with E-state index in [1.54, 1.807) is 6.07 Å². The van der Waals surface area contributed by atoms with Gasteiger partial charge in [0.2, 0.25) is 0 Å². The Balaban J connectivity index is 2.70. The van der Waals surface area contributed by atoms with Crippen molar-refractivity contribution in [1.82, 2.24) is 5.48 Å². The number of nitrogens with one attached hydrogen (secondary N) is 1.